The molecule has 0 saturated carbocycles. The summed E-state index contributed by atoms with van der Waals surface area (Å²) in [6.45, 7) is 3.57. The summed E-state index contributed by atoms with van der Waals surface area (Å²) in [7, 11) is -2.50. The fourth-order valence-corrected chi connectivity index (χ4v) is 4.24. The van der Waals surface area contributed by atoms with Gasteiger partial charge in [-0.25, -0.2) is 13.9 Å². The van der Waals surface area contributed by atoms with E-state index < -0.39 is 19.7 Å². The van der Waals surface area contributed by atoms with Gasteiger partial charge in [-0.05, 0) is 42.9 Å². The maximum Gasteiger partial charge on any atom is 0.272 e. The number of H-pyrrole nitrogens is 1. The summed E-state index contributed by atoms with van der Waals surface area (Å²) in [5, 5.41) is 10.7. The van der Waals surface area contributed by atoms with Crippen molar-refractivity contribution >= 4 is 24.8 Å². The molecule has 144 valence electrons. The molecule has 2 aromatic carbocycles. The predicted molar refractivity (Wildman–Crippen MR) is 107 cm³/mol. The minimum absolute atomic E-state index is 0.212. The molecule has 28 heavy (non-hydrogen) atoms. The van der Waals surface area contributed by atoms with Crippen LogP contribution in [0.5, 0.6) is 0 Å². The van der Waals surface area contributed by atoms with Crippen molar-refractivity contribution in [1.29, 1.82) is 0 Å². The van der Waals surface area contributed by atoms with Gasteiger partial charge < -0.3 is 10.1 Å². The van der Waals surface area contributed by atoms with Gasteiger partial charge >= 0.3 is 0 Å². The van der Waals surface area contributed by atoms with Crippen molar-refractivity contribution in [2.45, 2.75) is 25.1 Å². The molecule has 5 nitrogen and oxygen atoms in total. The molecule has 1 aliphatic heterocycles. The lowest BCUT2D eigenvalue weighted by Gasteiger charge is -2.33. The van der Waals surface area contributed by atoms with Crippen LogP contribution in [0.15, 0.2) is 53.0 Å². The van der Waals surface area contributed by atoms with E-state index in [1.54, 1.807) is 30.9 Å². The Bertz CT molecular complexity index is 1140. The lowest BCUT2D eigenvalue weighted by Crippen LogP contribution is -2.28. The Hall–Kier alpha value is -2.84. The first-order valence-electron chi connectivity index (χ1n) is 8.88. The van der Waals surface area contributed by atoms with Crippen molar-refractivity contribution in [3.8, 4) is 0 Å². The molecule has 2 heterocycles. The third-order valence-electron chi connectivity index (χ3n) is 4.81. The topological polar surface area (TPSA) is 78.0 Å². The van der Waals surface area contributed by atoms with E-state index in [0.29, 0.717) is 16.8 Å². The first-order chi connectivity index (χ1) is 13.2. The Balaban J connectivity index is 1.95. The minimum atomic E-state index is -2.50. The summed E-state index contributed by atoms with van der Waals surface area (Å²) in [5.41, 5.74) is 3.13. The van der Waals surface area contributed by atoms with Crippen LogP contribution < -0.4 is 10.9 Å². The molecule has 0 unspecified atom stereocenters. The zero-order valence-corrected chi connectivity index (χ0v) is 16.3. The average Bonchev–Trinajstić information content (AvgIpc) is 2.62. The number of rotatable bonds is 3. The van der Waals surface area contributed by atoms with Gasteiger partial charge in [-0.3, -0.25) is 4.79 Å². The molecule has 2 atom stereocenters. The molecule has 0 saturated heterocycles. The molecule has 0 fully saturated rings. The lowest BCUT2D eigenvalue weighted by molar-refractivity contribution is 0.566. The van der Waals surface area contributed by atoms with E-state index in [-0.39, 0.29) is 23.2 Å². The number of hydrogen-bond acceptors (Lipinski definition) is 4. The molecule has 4 rings (SSSR count). The quantitative estimate of drug-likeness (QED) is 0.586. The van der Waals surface area contributed by atoms with Crippen LogP contribution in [0.4, 0.5) is 14.5 Å². The van der Waals surface area contributed by atoms with Crippen LogP contribution in [0.1, 0.15) is 23.2 Å². The van der Waals surface area contributed by atoms with Crippen LogP contribution in [0.2, 0.25) is 13.1 Å². The number of anilines is 1. The van der Waals surface area contributed by atoms with Gasteiger partial charge in [0.1, 0.15) is 11.6 Å². The van der Waals surface area contributed by atoms with Crippen LogP contribution >= 0.6 is 0 Å². The maximum atomic E-state index is 14.1. The van der Waals surface area contributed by atoms with Gasteiger partial charge in [0.05, 0.1) is 17.1 Å². The van der Waals surface area contributed by atoms with Crippen molar-refractivity contribution in [3.63, 3.8) is 0 Å². The Labute approximate surface area is 160 Å². The smallest absolute Gasteiger partial charge is 0.272 e. The molecule has 0 spiro atoms. The van der Waals surface area contributed by atoms with E-state index in [1.165, 1.54) is 24.3 Å². The number of hydrogen-bond donors (Lipinski definition) is 3. The molecule has 1 aliphatic rings. The highest BCUT2D eigenvalue weighted by atomic mass is 28.4. The summed E-state index contributed by atoms with van der Waals surface area (Å²) in [6.07, 6.45) is 1.86. The second-order valence-corrected chi connectivity index (χ2v) is 11.2. The van der Waals surface area contributed by atoms with E-state index in [0.717, 1.165) is 5.56 Å². The SMILES string of the molecule is C[Si](C)(O)/C=C/[C@H]1c2n[nH]c(=O)c3cc(F)cc(c23)N[C@@H]1c1ccc(F)cc1. The first kappa shape index (κ1) is 18.5. The fourth-order valence-electron chi connectivity index (χ4n) is 3.56. The lowest BCUT2D eigenvalue weighted by atomic mass is 9.84. The number of nitrogens with zero attached hydrogens (tertiary/aromatic N) is 1. The van der Waals surface area contributed by atoms with Crippen molar-refractivity contribution < 1.29 is 13.6 Å². The largest absolute Gasteiger partial charge is 0.428 e. The molecular weight excluding hydrogens is 380 g/mol. The van der Waals surface area contributed by atoms with E-state index in [9.17, 15) is 18.4 Å². The van der Waals surface area contributed by atoms with E-state index in [4.69, 9.17) is 0 Å². The first-order valence-corrected chi connectivity index (χ1v) is 11.9. The van der Waals surface area contributed by atoms with E-state index in [1.807, 2.05) is 6.08 Å². The Morgan fingerprint density at radius 2 is 1.86 bits per heavy atom. The van der Waals surface area contributed by atoms with Gasteiger partial charge in [0, 0.05) is 17.0 Å². The molecule has 0 bridgehead atoms. The highest BCUT2D eigenvalue weighted by molar-refractivity contribution is 6.74. The van der Waals surface area contributed by atoms with E-state index >= 15 is 0 Å². The second-order valence-electron chi connectivity index (χ2n) is 7.53. The predicted octanol–water partition coefficient (Wildman–Crippen LogP) is 3.74. The maximum absolute atomic E-state index is 14.1. The summed E-state index contributed by atoms with van der Waals surface area (Å²) in [6, 6.07) is 8.18. The number of aromatic amines is 1. The van der Waals surface area contributed by atoms with Gasteiger partial charge in [0.25, 0.3) is 5.56 Å². The summed E-state index contributed by atoms with van der Waals surface area (Å²) < 4.78 is 27.5. The summed E-state index contributed by atoms with van der Waals surface area (Å²) in [4.78, 5) is 22.4. The van der Waals surface area contributed by atoms with Gasteiger partial charge in [-0.1, -0.05) is 23.9 Å². The van der Waals surface area contributed by atoms with Crippen LogP contribution in [0.25, 0.3) is 10.8 Å². The highest BCUT2D eigenvalue weighted by Crippen LogP contribution is 2.44. The summed E-state index contributed by atoms with van der Waals surface area (Å²) >= 11 is 0. The van der Waals surface area contributed by atoms with Crippen molar-refractivity contribution in [2.75, 3.05) is 5.32 Å². The standard InChI is InChI=1S/C20H19F2N3O2Si/c1-28(2,27)8-7-14-18(11-3-5-12(21)6-4-11)23-16-10-13(22)9-15-17(16)19(14)24-25-20(15)26/h3-10,14,18,23,27H,1-2H3,(H,25,26)/b8-7+/t14-,18-/m1/s1. The molecular formula is C20H19F2N3O2Si. The number of aromatic nitrogens is 2. The van der Waals surface area contributed by atoms with Gasteiger partial charge in [-0.2, -0.15) is 5.10 Å². The van der Waals surface area contributed by atoms with Gasteiger partial charge in [0.2, 0.25) is 8.32 Å². The number of halogens is 2. The molecule has 1 aromatic heterocycles. The molecule has 0 radical (unpaired) electrons. The highest BCUT2D eigenvalue weighted by Gasteiger charge is 2.33. The third kappa shape index (κ3) is 3.36. The normalized spacial score (nSPS) is 19.2. The molecule has 0 amide bonds. The number of benzene rings is 2. The minimum Gasteiger partial charge on any atom is -0.428 e. The third-order valence-corrected chi connectivity index (χ3v) is 5.82. The Kier molecular flexibility index (Phi) is 4.39. The second kappa shape index (κ2) is 6.64. The van der Waals surface area contributed by atoms with Crippen molar-refractivity contribution in [1.82, 2.24) is 10.2 Å². The summed E-state index contributed by atoms with van der Waals surface area (Å²) in [5.74, 6) is -1.23. The van der Waals surface area contributed by atoms with Crippen LogP contribution in [0, 0.1) is 11.6 Å². The van der Waals surface area contributed by atoms with Crippen molar-refractivity contribution in [2.24, 2.45) is 0 Å². The zero-order chi connectivity index (χ0) is 20.1. The Morgan fingerprint density at radius 1 is 1.14 bits per heavy atom. The van der Waals surface area contributed by atoms with Gasteiger partial charge in [-0.15, -0.1) is 0 Å². The van der Waals surface area contributed by atoms with Crippen LogP contribution in [-0.4, -0.2) is 23.3 Å². The zero-order valence-electron chi connectivity index (χ0n) is 15.3. The monoisotopic (exact) mass is 399 g/mol. The van der Waals surface area contributed by atoms with Gasteiger partial charge in [0.15, 0.2) is 0 Å². The Morgan fingerprint density at radius 3 is 2.54 bits per heavy atom. The van der Waals surface area contributed by atoms with E-state index in [2.05, 4.69) is 15.5 Å². The average molecular weight is 399 g/mol. The molecule has 8 heteroatoms. The van der Waals surface area contributed by atoms with Crippen molar-refractivity contribution in [3.05, 3.63) is 81.4 Å². The number of nitrogens with one attached hydrogen (secondary N) is 2. The molecule has 0 aliphatic carbocycles. The molecule has 3 N–H and O–H groups in total. The van der Waals surface area contributed by atoms with Crippen LogP contribution in [0.3, 0.4) is 0 Å². The van der Waals surface area contributed by atoms with Crippen LogP contribution in [-0.2, 0) is 0 Å². The fraction of sp³-hybridized carbons (Fsp3) is 0.200. The molecule has 3 aromatic rings.